The smallest absolute Gasteiger partial charge is 0.165 e. The molecule has 0 N–H and O–H groups in total. The Hall–Kier alpha value is -8.97. The highest BCUT2D eigenvalue weighted by atomic mass is 32.1. The van der Waals surface area contributed by atoms with Crippen molar-refractivity contribution in [2.45, 2.75) is 5.41 Å². The van der Waals surface area contributed by atoms with Gasteiger partial charge >= 0.3 is 0 Å². The van der Waals surface area contributed by atoms with Crippen LogP contribution in [0.1, 0.15) is 22.3 Å². The molecule has 0 bridgehead atoms. The lowest BCUT2D eigenvalue weighted by Gasteiger charge is -2.34. The summed E-state index contributed by atoms with van der Waals surface area (Å²) in [4.78, 5) is 16.8. The van der Waals surface area contributed by atoms with Crippen molar-refractivity contribution in [3.05, 3.63) is 247 Å². The van der Waals surface area contributed by atoms with Crippen molar-refractivity contribution in [1.29, 1.82) is 0 Å². The summed E-state index contributed by atoms with van der Waals surface area (Å²) in [6.07, 6.45) is 0. The molecule has 0 spiro atoms. The van der Waals surface area contributed by atoms with E-state index in [1.54, 1.807) is 11.3 Å². The molecule has 4 heterocycles. The van der Waals surface area contributed by atoms with Crippen LogP contribution in [0.4, 0.5) is 0 Å². The van der Waals surface area contributed by atoms with Gasteiger partial charge in [0, 0.05) is 58.4 Å². The first-order valence-corrected chi connectivity index (χ1v) is 24.4. The maximum atomic E-state index is 6.74. The predicted octanol–water partition coefficient (Wildman–Crippen LogP) is 17.1. The molecule has 326 valence electrons. The molecule has 0 unspecified atom stereocenters. The molecule has 0 radical (unpaired) electrons. The molecule has 0 amide bonds. The lowest BCUT2D eigenvalue weighted by atomic mass is 9.67. The number of fused-ring (bicyclic) bond motifs is 12. The standard InChI is InChI=1S/C64H37N3O2S/c1-3-18-38(19-4-1)64(39-20-5-2-6-21-39)49-30-11-7-23-44(49)56-41(26-16-31-50(56)64)42-36-37-54-58(46-25-9-13-33-52(46)69-54)59(42)63-66-61(47-28-17-34-53-57(47)45-24-8-12-32-51(45)68-53)65-62(67-63)48-29-15-27-43-40-22-10-14-35-55(40)70-60(43)48/h1-37H. The normalized spacial score (nSPS) is 13.0. The van der Waals surface area contributed by atoms with Gasteiger partial charge in [-0.05, 0) is 87.0 Å². The van der Waals surface area contributed by atoms with Crippen LogP contribution in [0.3, 0.4) is 0 Å². The number of para-hydroxylation sites is 2. The highest BCUT2D eigenvalue weighted by Gasteiger charge is 2.47. The third kappa shape index (κ3) is 5.50. The Morgan fingerprint density at radius 3 is 1.59 bits per heavy atom. The molecule has 1 aliphatic rings. The first kappa shape index (κ1) is 39.1. The minimum absolute atomic E-state index is 0.552. The Labute approximate surface area is 405 Å². The van der Waals surface area contributed by atoms with Crippen LogP contribution in [-0.4, -0.2) is 15.0 Å². The molecule has 5 nitrogen and oxygen atoms in total. The second-order valence-electron chi connectivity index (χ2n) is 18.1. The average molecular weight is 912 g/mol. The SMILES string of the molecule is c1ccc(C2(c3ccccc3)c3ccccc3-c3c(-c4ccc5oc6ccccc6c5c4-c4nc(-c5cccc6c5sc5ccccc56)nc(-c5cccc6oc7ccccc7c56)n4)cccc32)cc1. The van der Waals surface area contributed by atoms with Crippen molar-refractivity contribution < 1.29 is 8.83 Å². The van der Waals surface area contributed by atoms with Crippen molar-refractivity contribution in [2.24, 2.45) is 0 Å². The van der Waals surface area contributed by atoms with Gasteiger partial charge in [0.1, 0.15) is 22.3 Å². The van der Waals surface area contributed by atoms with Gasteiger partial charge in [-0.15, -0.1) is 11.3 Å². The second-order valence-corrected chi connectivity index (χ2v) is 19.1. The molecule has 1 aliphatic carbocycles. The van der Waals surface area contributed by atoms with E-state index < -0.39 is 5.41 Å². The van der Waals surface area contributed by atoms with Gasteiger partial charge in [0.2, 0.25) is 0 Å². The third-order valence-electron chi connectivity index (χ3n) is 14.5. The molecule has 6 heteroatoms. The quantitative estimate of drug-likeness (QED) is 0.166. The van der Waals surface area contributed by atoms with Crippen LogP contribution >= 0.6 is 11.3 Å². The molecule has 14 aromatic rings. The Kier molecular flexibility index (Phi) is 8.38. The van der Waals surface area contributed by atoms with Crippen LogP contribution < -0.4 is 0 Å². The average Bonchev–Trinajstić information content (AvgIpc) is 4.19. The van der Waals surface area contributed by atoms with Crippen LogP contribution in [0, 0.1) is 0 Å². The summed E-state index contributed by atoms with van der Waals surface area (Å²) in [7, 11) is 0. The number of thiophene rings is 1. The number of rotatable bonds is 6. The van der Waals surface area contributed by atoms with Crippen LogP contribution in [0.2, 0.25) is 0 Å². The molecule has 0 aliphatic heterocycles. The number of hydrogen-bond acceptors (Lipinski definition) is 6. The molecule has 0 fully saturated rings. The third-order valence-corrected chi connectivity index (χ3v) is 15.7. The number of benzene rings is 10. The fourth-order valence-corrected chi connectivity index (χ4v) is 12.8. The number of aromatic nitrogens is 3. The summed E-state index contributed by atoms with van der Waals surface area (Å²) >= 11 is 1.77. The van der Waals surface area contributed by atoms with E-state index in [0.717, 1.165) is 76.4 Å². The van der Waals surface area contributed by atoms with Crippen LogP contribution in [0.25, 0.3) is 120 Å². The Morgan fingerprint density at radius 1 is 0.314 bits per heavy atom. The monoisotopic (exact) mass is 911 g/mol. The maximum Gasteiger partial charge on any atom is 0.165 e. The zero-order valence-corrected chi connectivity index (χ0v) is 38.2. The van der Waals surface area contributed by atoms with Crippen molar-refractivity contribution in [2.75, 3.05) is 0 Å². The highest BCUT2D eigenvalue weighted by molar-refractivity contribution is 7.26. The van der Waals surface area contributed by atoms with E-state index in [0.29, 0.717) is 17.5 Å². The number of nitrogens with zero attached hydrogens (tertiary/aromatic N) is 3. The zero-order chi connectivity index (χ0) is 45.9. The van der Waals surface area contributed by atoms with Gasteiger partial charge < -0.3 is 8.83 Å². The lowest BCUT2D eigenvalue weighted by Crippen LogP contribution is -2.28. The fourth-order valence-electron chi connectivity index (χ4n) is 11.6. The summed E-state index contributed by atoms with van der Waals surface area (Å²) < 4.78 is 15.6. The minimum Gasteiger partial charge on any atom is -0.456 e. The van der Waals surface area contributed by atoms with E-state index in [1.165, 1.54) is 48.9 Å². The number of furan rings is 2. The van der Waals surface area contributed by atoms with E-state index in [-0.39, 0.29) is 0 Å². The minimum atomic E-state index is -0.584. The topological polar surface area (TPSA) is 65.0 Å². The summed E-state index contributed by atoms with van der Waals surface area (Å²) in [6, 6.07) is 79.7. The van der Waals surface area contributed by atoms with Crippen molar-refractivity contribution in [1.82, 2.24) is 15.0 Å². The summed E-state index contributed by atoms with van der Waals surface area (Å²) in [6.45, 7) is 0. The van der Waals surface area contributed by atoms with Crippen molar-refractivity contribution in [3.8, 4) is 56.4 Å². The van der Waals surface area contributed by atoms with Crippen molar-refractivity contribution >= 4 is 75.4 Å². The van der Waals surface area contributed by atoms with Gasteiger partial charge in [-0.1, -0.05) is 182 Å². The first-order chi connectivity index (χ1) is 34.7. The fraction of sp³-hybridized carbons (Fsp3) is 0.0156. The maximum absolute atomic E-state index is 6.74. The van der Waals surface area contributed by atoms with E-state index in [2.05, 4.69) is 188 Å². The van der Waals surface area contributed by atoms with Gasteiger partial charge in [0.15, 0.2) is 17.5 Å². The Morgan fingerprint density at radius 2 is 0.814 bits per heavy atom. The van der Waals surface area contributed by atoms with Gasteiger partial charge in [0.25, 0.3) is 0 Å². The van der Waals surface area contributed by atoms with Gasteiger partial charge in [-0.3, -0.25) is 0 Å². The summed E-state index contributed by atoms with van der Waals surface area (Å²) in [5, 5.41) is 6.29. The second kappa shape index (κ2) is 15.0. The Bertz CT molecular complexity index is 4390. The molecular weight excluding hydrogens is 875 g/mol. The molecule has 0 saturated heterocycles. The largest absolute Gasteiger partial charge is 0.456 e. The van der Waals surface area contributed by atoms with Crippen LogP contribution in [0.15, 0.2) is 233 Å². The van der Waals surface area contributed by atoms with Gasteiger partial charge in [-0.25, -0.2) is 15.0 Å². The first-order valence-electron chi connectivity index (χ1n) is 23.6. The summed E-state index contributed by atoms with van der Waals surface area (Å²) in [5.74, 6) is 1.70. The number of hydrogen-bond donors (Lipinski definition) is 0. The van der Waals surface area contributed by atoms with Gasteiger partial charge in [-0.2, -0.15) is 0 Å². The van der Waals surface area contributed by atoms with E-state index in [9.17, 15) is 0 Å². The molecule has 15 rings (SSSR count). The molecule has 10 aromatic carbocycles. The molecule has 4 aromatic heterocycles. The molecular formula is C64H37N3O2S. The molecule has 0 saturated carbocycles. The van der Waals surface area contributed by atoms with Crippen LogP contribution in [-0.2, 0) is 5.41 Å². The van der Waals surface area contributed by atoms with Gasteiger partial charge in [0.05, 0.1) is 5.41 Å². The van der Waals surface area contributed by atoms with E-state index in [4.69, 9.17) is 23.8 Å². The molecule has 70 heavy (non-hydrogen) atoms. The van der Waals surface area contributed by atoms with E-state index >= 15 is 0 Å². The predicted molar refractivity (Wildman–Crippen MR) is 286 cm³/mol. The summed E-state index contributed by atoms with van der Waals surface area (Å²) in [5.41, 5.74) is 14.6. The van der Waals surface area contributed by atoms with Crippen molar-refractivity contribution in [3.63, 3.8) is 0 Å². The van der Waals surface area contributed by atoms with E-state index in [1.807, 2.05) is 36.4 Å². The van der Waals surface area contributed by atoms with Crippen LogP contribution in [0.5, 0.6) is 0 Å². The Balaban J connectivity index is 1.08. The molecule has 0 atom stereocenters. The lowest BCUT2D eigenvalue weighted by molar-refractivity contribution is 0.668. The zero-order valence-electron chi connectivity index (χ0n) is 37.4. The highest BCUT2D eigenvalue weighted by Crippen LogP contribution is 2.59.